The fraction of sp³-hybridized carbons (Fsp3) is 0.0667. The van der Waals surface area contributed by atoms with Crippen molar-refractivity contribution < 1.29 is 13.9 Å². The van der Waals surface area contributed by atoms with Crippen LogP contribution < -0.4 is 25.5 Å². The highest BCUT2D eigenvalue weighted by Crippen LogP contribution is 2.30. The molecule has 0 bridgehead atoms. The molecule has 206 valence electrons. The molecule has 1 aromatic heterocycles. The first-order valence-electron chi connectivity index (χ1n) is 12.5. The first kappa shape index (κ1) is 27.4. The van der Waals surface area contributed by atoms with E-state index in [9.17, 15) is 4.39 Å². The second-order valence-corrected chi connectivity index (χ2v) is 8.96. The zero-order chi connectivity index (χ0) is 28.4. The van der Waals surface area contributed by atoms with E-state index in [-0.39, 0.29) is 23.1 Å². The Kier molecular flexibility index (Phi) is 8.82. The Morgan fingerprint density at radius 3 is 2.02 bits per heavy atom. The molecule has 0 saturated carbocycles. The molecule has 0 atom stereocenters. The summed E-state index contributed by atoms with van der Waals surface area (Å²) < 4.78 is 25.4. The van der Waals surface area contributed by atoms with Crippen LogP contribution in [0.3, 0.4) is 0 Å². The van der Waals surface area contributed by atoms with Crippen LogP contribution >= 0.6 is 11.6 Å². The zero-order valence-electron chi connectivity index (χ0n) is 21.9. The van der Waals surface area contributed by atoms with E-state index in [1.807, 2.05) is 60.7 Å². The highest BCUT2D eigenvalue weighted by molar-refractivity contribution is 6.31. The average Bonchev–Trinajstić information content (AvgIpc) is 2.98. The number of hydrogen-bond acceptors (Lipinski definition) is 9. The molecule has 0 aliphatic carbocycles. The molecule has 4 aromatic carbocycles. The SMILES string of the molecule is COc1ccc(/C=N/Nc2nc(Nc3ccccc3)nc(Nc3ccccc3)n2)cc1OCc1c(F)cccc1Cl. The van der Waals surface area contributed by atoms with Gasteiger partial charge in [-0.1, -0.05) is 54.1 Å². The third-order valence-electron chi connectivity index (χ3n) is 5.69. The maximum atomic E-state index is 14.2. The van der Waals surface area contributed by atoms with Gasteiger partial charge in [0.2, 0.25) is 17.8 Å². The summed E-state index contributed by atoms with van der Waals surface area (Å²) in [6.07, 6.45) is 1.57. The third-order valence-corrected chi connectivity index (χ3v) is 6.05. The van der Waals surface area contributed by atoms with Crippen LogP contribution in [0.4, 0.5) is 33.6 Å². The number of anilines is 5. The van der Waals surface area contributed by atoms with Gasteiger partial charge in [-0.15, -0.1) is 0 Å². The highest BCUT2D eigenvalue weighted by atomic mass is 35.5. The molecular formula is C30H25ClFN7O2. The summed E-state index contributed by atoms with van der Waals surface area (Å²) in [5, 5.41) is 10.9. The number of halogens is 2. The van der Waals surface area contributed by atoms with Gasteiger partial charge in [-0.3, -0.25) is 0 Å². The Hall–Kier alpha value is -5.22. The van der Waals surface area contributed by atoms with Crippen LogP contribution in [0, 0.1) is 5.82 Å². The van der Waals surface area contributed by atoms with Crippen molar-refractivity contribution in [3.63, 3.8) is 0 Å². The van der Waals surface area contributed by atoms with Crippen LogP contribution in [0.1, 0.15) is 11.1 Å². The van der Waals surface area contributed by atoms with Gasteiger partial charge in [-0.25, -0.2) is 9.82 Å². The van der Waals surface area contributed by atoms with Gasteiger partial charge in [0.25, 0.3) is 0 Å². The highest BCUT2D eigenvalue weighted by Gasteiger charge is 2.11. The fourth-order valence-corrected chi connectivity index (χ4v) is 3.93. The minimum atomic E-state index is -0.446. The Bertz CT molecular complexity index is 1560. The summed E-state index contributed by atoms with van der Waals surface area (Å²) in [7, 11) is 1.52. The largest absolute Gasteiger partial charge is 0.493 e. The number of ether oxygens (including phenoxy) is 2. The molecule has 9 nitrogen and oxygen atoms in total. The summed E-state index contributed by atoms with van der Waals surface area (Å²) in [4.78, 5) is 13.3. The first-order valence-corrected chi connectivity index (χ1v) is 12.9. The lowest BCUT2D eigenvalue weighted by atomic mass is 10.2. The van der Waals surface area contributed by atoms with Gasteiger partial charge in [-0.2, -0.15) is 20.1 Å². The molecule has 0 radical (unpaired) electrons. The predicted octanol–water partition coefficient (Wildman–Crippen LogP) is 7.18. The number of nitrogens with one attached hydrogen (secondary N) is 3. The lowest BCUT2D eigenvalue weighted by Crippen LogP contribution is -2.07. The van der Waals surface area contributed by atoms with Gasteiger partial charge in [-0.05, 0) is 60.2 Å². The quantitative estimate of drug-likeness (QED) is 0.113. The van der Waals surface area contributed by atoms with E-state index in [1.54, 1.807) is 36.5 Å². The minimum Gasteiger partial charge on any atom is -0.493 e. The van der Waals surface area contributed by atoms with Crippen molar-refractivity contribution in [3.05, 3.63) is 119 Å². The van der Waals surface area contributed by atoms with Crippen molar-refractivity contribution in [3.8, 4) is 11.5 Å². The van der Waals surface area contributed by atoms with Crippen LogP contribution in [-0.2, 0) is 6.61 Å². The van der Waals surface area contributed by atoms with Crippen LogP contribution in [0.15, 0.2) is 102 Å². The van der Waals surface area contributed by atoms with Crippen LogP contribution in [0.5, 0.6) is 11.5 Å². The molecule has 11 heteroatoms. The van der Waals surface area contributed by atoms with E-state index in [2.05, 4.69) is 36.1 Å². The molecule has 0 spiro atoms. The number of rotatable bonds is 11. The number of para-hydroxylation sites is 2. The number of nitrogens with zero attached hydrogens (tertiary/aromatic N) is 4. The minimum absolute atomic E-state index is 0.0695. The Labute approximate surface area is 241 Å². The van der Waals surface area contributed by atoms with E-state index >= 15 is 0 Å². The van der Waals surface area contributed by atoms with E-state index in [4.69, 9.17) is 21.1 Å². The van der Waals surface area contributed by atoms with Gasteiger partial charge in [0.15, 0.2) is 11.5 Å². The second-order valence-electron chi connectivity index (χ2n) is 8.56. The maximum absolute atomic E-state index is 14.2. The average molecular weight is 570 g/mol. The monoisotopic (exact) mass is 569 g/mol. The van der Waals surface area contributed by atoms with Gasteiger partial charge in [0.05, 0.1) is 18.3 Å². The van der Waals surface area contributed by atoms with E-state index in [0.717, 1.165) is 11.4 Å². The second kappa shape index (κ2) is 13.2. The molecule has 5 aromatic rings. The lowest BCUT2D eigenvalue weighted by Gasteiger charge is -2.12. The Balaban J connectivity index is 1.33. The first-order chi connectivity index (χ1) is 20.1. The maximum Gasteiger partial charge on any atom is 0.250 e. The molecule has 0 saturated heterocycles. The third kappa shape index (κ3) is 7.46. The van der Waals surface area contributed by atoms with Crippen molar-refractivity contribution in [1.29, 1.82) is 0 Å². The van der Waals surface area contributed by atoms with Gasteiger partial charge < -0.3 is 20.1 Å². The van der Waals surface area contributed by atoms with Crippen LogP contribution in [0.25, 0.3) is 0 Å². The molecular weight excluding hydrogens is 545 g/mol. The molecule has 0 unspecified atom stereocenters. The summed E-state index contributed by atoms with van der Waals surface area (Å²) >= 11 is 6.13. The zero-order valence-corrected chi connectivity index (χ0v) is 22.6. The molecule has 1 heterocycles. The number of hydrogen-bond donors (Lipinski definition) is 3. The van der Waals surface area contributed by atoms with E-state index in [0.29, 0.717) is 29.0 Å². The van der Waals surface area contributed by atoms with Gasteiger partial charge >= 0.3 is 0 Å². The van der Waals surface area contributed by atoms with E-state index in [1.165, 1.54) is 13.2 Å². The van der Waals surface area contributed by atoms with Crippen LogP contribution in [-0.4, -0.2) is 28.3 Å². The lowest BCUT2D eigenvalue weighted by molar-refractivity contribution is 0.280. The number of aromatic nitrogens is 3. The smallest absolute Gasteiger partial charge is 0.250 e. The van der Waals surface area contributed by atoms with Gasteiger partial charge in [0, 0.05) is 16.9 Å². The normalized spacial score (nSPS) is 10.8. The van der Waals surface area contributed by atoms with Crippen molar-refractivity contribution >= 4 is 47.0 Å². The van der Waals surface area contributed by atoms with Crippen LogP contribution in [0.2, 0.25) is 5.02 Å². The molecule has 0 fully saturated rings. The molecule has 41 heavy (non-hydrogen) atoms. The predicted molar refractivity (Wildman–Crippen MR) is 159 cm³/mol. The summed E-state index contributed by atoms with van der Waals surface area (Å²) in [5.41, 5.74) is 5.44. The topological polar surface area (TPSA) is 106 Å². The Morgan fingerprint density at radius 2 is 1.41 bits per heavy atom. The van der Waals surface area contributed by atoms with E-state index < -0.39 is 5.82 Å². The number of methoxy groups -OCH3 is 1. The molecule has 5 rings (SSSR count). The number of benzene rings is 4. The Morgan fingerprint density at radius 1 is 0.780 bits per heavy atom. The fourth-order valence-electron chi connectivity index (χ4n) is 3.71. The summed E-state index contributed by atoms with van der Waals surface area (Å²) in [6, 6.07) is 28.8. The van der Waals surface area contributed by atoms with Crippen molar-refractivity contribution in [2.45, 2.75) is 6.61 Å². The molecule has 0 amide bonds. The standard InChI is InChI=1S/C30H25ClFN7O2/c1-40-26-16-15-20(17-27(26)41-19-23-24(31)13-8-14-25(23)32)18-33-39-30-37-28(34-21-9-4-2-5-10-21)36-29(38-30)35-22-11-6-3-7-12-22/h2-18H,19H2,1H3,(H3,34,35,36,37,38,39)/b33-18+. The van der Waals surface area contributed by atoms with Gasteiger partial charge in [0.1, 0.15) is 12.4 Å². The molecule has 3 N–H and O–H groups in total. The number of hydrazone groups is 1. The van der Waals surface area contributed by atoms with Crippen molar-refractivity contribution in [1.82, 2.24) is 15.0 Å². The summed E-state index contributed by atoms with van der Waals surface area (Å²) in [5.74, 6) is 1.31. The molecule has 0 aliphatic rings. The van der Waals surface area contributed by atoms with Crippen molar-refractivity contribution in [2.24, 2.45) is 5.10 Å². The van der Waals surface area contributed by atoms with Crippen molar-refractivity contribution in [2.75, 3.05) is 23.2 Å². The summed E-state index contributed by atoms with van der Waals surface area (Å²) in [6.45, 7) is -0.0695. The molecule has 0 aliphatic heterocycles.